The molecule has 1 aliphatic heterocycles. The average molecular weight is 433 g/mol. The van der Waals surface area contributed by atoms with Gasteiger partial charge in [-0.15, -0.1) is 0 Å². The van der Waals surface area contributed by atoms with Crippen molar-refractivity contribution in [2.75, 3.05) is 19.0 Å². The zero-order valence-electron chi connectivity index (χ0n) is 17.5. The molecule has 1 aromatic carbocycles. The van der Waals surface area contributed by atoms with E-state index in [-0.39, 0.29) is 11.9 Å². The van der Waals surface area contributed by atoms with E-state index >= 15 is 0 Å². The Morgan fingerprint density at radius 1 is 1.26 bits per heavy atom. The van der Waals surface area contributed by atoms with Gasteiger partial charge in [0.25, 0.3) is 5.91 Å². The third-order valence-electron chi connectivity index (χ3n) is 5.28. The average Bonchev–Trinajstić information content (AvgIpc) is 3.08. The number of amides is 1. The first-order valence-corrected chi connectivity index (χ1v) is 9.94. The van der Waals surface area contributed by atoms with Gasteiger partial charge in [0.05, 0.1) is 18.8 Å². The van der Waals surface area contributed by atoms with Crippen molar-refractivity contribution >= 4 is 11.7 Å². The van der Waals surface area contributed by atoms with Crippen LogP contribution in [0.5, 0.6) is 0 Å². The van der Waals surface area contributed by atoms with E-state index < -0.39 is 48.8 Å². The van der Waals surface area contributed by atoms with Crippen LogP contribution in [-0.2, 0) is 14.2 Å². The molecule has 0 aliphatic carbocycles. The number of carbonyl (C=O) groups is 1. The van der Waals surface area contributed by atoms with Crippen molar-refractivity contribution in [2.24, 2.45) is 0 Å². The van der Waals surface area contributed by atoms with Crippen LogP contribution in [0.4, 0.5) is 5.82 Å². The lowest BCUT2D eigenvalue weighted by atomic mass is 10.1. The molecule has 10 nitrogen and oxygen atoms in total. The Hall–Kier alpha value is -2.63. The summed E-state index contributed by atoms with van der Waals surface area (Å²) in [6, 6.07) is 9.98. The van der Waals surface area contributed by atoms with E-state index in [0.29, 0.717) is 5.56 Å². The van der Waals surface area contributed by atoms with Crippen molar-refractivity contribution in [2.45, 2.75) is 50.6 Å². The summed E-state index contributed by atoms with van der Waals surface area (Å²) in [5, 5.41) is 22.6. The van der Waals surface area contributed by atoms with Crippen molar-refractivity contribution in [1.29, 1.82) is 0 Å². The van der Waals surface area contributed by atoms with E-state index in [0.717, 1.165) is 4.57 Å². The number of hydrogen-bond donors (Lipinski definition) is 3. The molecular weight excluding hydrogens is 406 g/mol. The fraction of sp³-hybridized carbons (Fsp3) is 0.476. The molecule has 1 fully saturated rings. The van der Waals surface area contributed by atoms with E-state index in [4.69, 9.17) is 14.2 Å². The number of anilines is 1. The summed E-state index contributed by atoms with van der Waals surface area (Å²) < 4.78 is 18.0. The Morgan fingerprint density at radius 2 is 1.97 bits per heavy atom. The number of nitrogens with one attached hydrogen (secondary N) is 1. The normalized spacial score (nSPS) is 25.2. The molecule has 0 radical (unpaired) electrons. The van der Waals surface area contributed by atoms with E-state index in [9.17, 15) is 19.8 Å². The van der Waals surface area contributed by atoms with Gasteiger partial charge in [-0.25, -0.2) is 4.79 Å². The van der Waals surface area contributed by atoms with Gasteiger partial charge in [0.2, 0.25) is 0 Å². The maximum atomic E-state index is 12.7. The van der Waals surface area contributed by atoms with Crippen LogP contribution in [0.3, 0.4) is 0 Å². The molecule has 3 N–H and O–H groups in total. The molecule has 10 heteroatoms. The number of ether oxygens (including phenoxy) is 3. The molecule has 6 atom stereocenters. The van der Waals surface area contributed by atoms with Crippen LogP contribution in [0.1, 0.15) is 30.4 Å². The van der Waals surface area contributed by atoms with E-state index in [1.807, 2.05) is 6.92 Å². The molecule has 2 heterocycles. The molecule has 1 unspecified atom stereocenters. The minimum atomic E-state index is -1.16. The summed E-state index contributed by atoms with van der Waals surface area (Å²) in [5.74, 6) is -0.326. The molecule has 1 aliphatic rings. The third kappa shape index (κ3) is 5.17. The number of hydrogen-bond acceptors (Lipinski definition) is 8. The number of aliphatic hydroxyl groups excluding tert-OH is 2. The van der Waals surface area contributed by atoms with Crippen molar-refractivity contribution in [3.05, 3.63) is 58.6 Å². The Morgan fingerprint density at radius 3 is 2.58 bits per heavy atom. The van der Waals surface area contributed by atoms with Crippen LogP contribution in [0.15, 0.2) is 47.4 Å². The number of rotatable bonds is 8. The van der Waals surface area contributed by atoms with Crippen LogP contribution in [0.25, 0.3) is 0 Å². The van der Waals surface area contributed by atoms with Crippen molar-refractivity contribution in [3.8, 4) is 0 Å². The number of methoxy groups -OCH3 is 1. The number of aliphatic hydroxyl groups is 2. The van der Waals surface area contributed by atoms with Crippen LogP contribution in [0.2, 0.25) is 0 Å². The van der Waals surface area contributed by atoms with Gasteiger partial charge in [0.1, 0.15) is 24.1 Å². The molecule has 0 saturated carbocycles. The highest BCUT2D eigenvalue weighted by atomic mass is 16.6. The van der Waals surface area contributed by atoms with E-state index in [1.54, 1.807) is 37.3 Å². The fourth-order valence-corrected chi connectivity index (χ4v) is 3.24. The third-order valence-corrected chi connectivity index (χ3v) is 5.28. The zero-order valence-corrected chi connectivity index (χ0v) is 17.5. The predicted octanol–water partition coefficient (Wildman–Crippen LogP) is 0.555. The molecule has 168 valence electrons. The van der Waals surface area contributed by atoms with Gasteiger partial charge in [0.15, 0.2) is 6.23 Å². The Kier molecular flexibility index (Phi) is 7.52. The minimum absolute atomic E-state index is 0.0752. The number of aromatic nitrogens is 2. The van der Waals surface area contributed by atoms with E-state index in [1.165, 1.54) is 19.4 Å². The van der Waals surface area contributed by atoms with Crippen LogP contribution in [0, 0.1) is 0 Å². The lowest BCUT2D eigenvalue weighted by molar-refractivity contribution is -0.129. The fourth-order valence-electron chi connectivity index (χ4n) is 3.24. The smallest absolute Gasteiger partial charge is 0.351 e. The quantitative estimate of drug-likeness (QED) is 0.550. The van der Waals surface area contributed by atoms with Gasteiger partial charge in [-0.2, -0.15) is 4.98 Å². The maximum absolute atomic E-state index is 12.7. The molecule has 1 amide bonds. The first-order chi connectivity index (χ1) is 14.8. The predicted molar refractivity (Wildman–Crippen MR) is 111 cm³/mol. The molecule has 31 heavy (non-hydrogen) atoms. The van der Waals surface area contributed by atoms with Gasteiger partial charge in [0, 0.05) is 18.9 Å². The second-order valence-electron chi connectivity index (χ2n) is 7.31. The van der Waals surface area contributed by atoms with Crippen LogP contribution in [-0.4, -0.2) is 69.9 Å². The number of carbonyl (C=O) groups excluding carboxylic acids is 1. The van der Waals surface area contributed by atoms with Gasteiger partial charge < -0.3 is 29.7 Å². The largest absolute Gasteiger partial charge is 0.394 e. The molecule has 2 aromatic rings. The zero-order chi connectivity index (χ0) is 22.5. The van der Waals surface area contributed by atoms with Gasteiger partial charge >= 0.3 is 5.69 Å². The van der Waals surface area contributed by atoms with E-state index in [2.05, 4.69) is 10.3 Å². The van der Waals surface area contributed by atoms with Gasteiger partial charge in [-0.05, 0) is 32.0 Å². The van der Waals surface area contributed by atoms with Crippen molar-refractivity contribution < 1.29 is 29.2 Å². The van der Waals surface area contributed by atoms with Gasteiger partial charge in [-0.3, -0.25) is 9.36 Å². The Balaban J connectivity index is 1.81. The topological polar surface area (TPSA) is 132 Å². The number of nitrogens with zero attached hydrogens (tertiary/aromatic N) is 2. The lowest BCUT2D eigenvalue weighted by Gasteiger charge is -2.28. The summed E-state index contributed by atoms with van der Waals surface area (Å²) >= 11 is 0. The SMILES string of the molecule is CO[C@@H](C)[C@@H](C)O[C@H]1C(O)[C@@H](CO)O[C@H]1n1ccc(NC(=O)c2ccccc2)nc1=O. The Bertz CT molecular complexity index is 936. The first-order valence-electron chi connectivity index (χ1n) is 9.94. The molecule has 0 bridgehead atoms. The highest BCUT2D eigenvalue weighted by molar-refractivity contribution is 6.03. The summed E-state index contributed by atoms with van der Waals surface area (Å²) in [6.07, 6.45) is -3.33. The number of benzene rings is 1. The maximum Gasteiger partial charge on any atom is 0.351 e. The van der Waals surface area contributed by atoms with Gasteiger partial charge in [-0.1, -0.05) is 18.2 Å². The molecular formula is C21H27N3O7. The Labute approximate surface area is 179 Å². The van der Waals surface area contributed by atoms with Crippen molar-refractivity contribution in [3.63, 3.8) is 0 Å². The molecule has 1 aromatic heterocycles. The lowest BCUT2D eigenvalue weighted by Crippen LogP contribution is -2.42. The highest BCUT2D eigenvalue weighted by Gasteiger charge is 2.46. The van der Waals surface area contributed by atoms with Crippen molar-refractivity contribution in [1.82, 2.24) is 9.55 Å². The summed E-state index contributed by atoms with van der Waals surface area (Å²) in [7, 11) is 1.54. The molecule has 3 rings (SSSR count). The minimum Gasteiger partial charge on any atom is -0.394 e. The summed E-state index contributed by atoms with van der Waals surface area (Å²) in [4.78, 5) is 28.8. The summed E-state index contributed by atoms with van der Waals surface area (Å²) in [5.41, 5.74) is -0.279. The molecule has 1 saturated heterocycles. The second-order valence-corrected chi connectivity index (χ2v) is 7.31. The standard InChI is InChI=1S/C21H27N3O7/c1-12(29-3)13(2)30-18-17(26)15(11-25)31-20(18)24-10-9-16(23-21(24)28)22-19(27)14-7-5-4-6-8-14/h4-10,12-13,15,17-18,20,25-26H,11H2,1-3H3,(H,22,23,27,28)/t12-,13+,15+,17?,18-,20+/m0/s1. The van der Waals surface area contributed by atoms with Crippen LogP contribution < -0.4 is 11.0 Å². The van der Waals surface area contributed by atoms with Crippen LogP contribution >= 0.6 is 0 Å². The first kappa shape index (κ1) is 23.0. The monoisotopic (exact) mass is 433 g/mol. The highest BCUT2D eigenvalue weighted by Crippen LogP contribution is 2.32. The second kappa shape index (κ2) is 10.1. The summed E-state index contributed by atoms with van der Waals surface area (Å²) in [6.45, 7) is 3.13. The molecule has 0 spiro atoms.